The molecule has 1 rings (SSSR count). The van der Waals surface area contributed by atoms with Crippen LogP contribution >= 0.6 is 12.4 Å². The maximum Gasteiger partial charge on any atom is 0.307 e. The highest BCUT2D eigenvalue weighted by Gasteiger charge is 2.28. The minimum absolute atomic E-state index is 0. The maximum atomic E-state index is 12.3. The van der Waals surface area contributed by atoms with Crippen molar-refractivity contribution in [3.8, 4) is 0 Å². The number of amides is 1. The molecule has 5 nitrogen and oxygen atoms in total. The Morgan fingerprint density at radius 3 is 2.25 bits per heavy atom. The van der Waals surface area contributed by atoms with Gasteiger partial charge in [0.25, 0.3) is 0 Å². The molecular weight excluding hydrogens is 280 g/mol. The first-order valence-electron chi connectivity index (χ1n) is 7.09. The molecule has 0 aliphatic carbocycles. The van der Waals surface area contributed by atoms with Crippen molar-refractivity contribution in [2.45, 2.75) is 52.6 Å². The second kappa shape index (κ2) is 8.47. The van der Waals surface area contributed by atoms with Crippen molar-refractivity contribution in [3.05, 3.63) is 0 Å². The molecule has 6 heteroatoms. The van der Waals surface area contributed by atoms with Crippen LogP contribution in [0.1, 0.15) is 40.5 Å². The van der Waals surface area contributed by atoms with Crippen LogP contribution in [0.4, 0.5) is 0 Å². The van der Waals surface area contributed by atoms with Gasteiger partial charge in [-0.15, -0.1) is 12.4 Å². The lowest BCUT2D eigenvalue weighted by atomic mass is 9.98. The van der Waals surface area contributed by atoms with Gasteiger partial charge >= 0.3 is 5.97 Å². The summed E-state index contributed by atoms with van der Waals surface area (Å²) in [5, 5.41) is 9.05. The fourth-order valence-electron chi connectivity index (χ4n) is 2.85. The van der Waals surface area contributed by atoms with Gasteiger partial charge in [0.15, 0.2) is 0 Å². The quantitative estimate of drug-likeness (QED) is 0.842. The van der Waals surface area contributed by atoms with E-state index in [0.29, 0.717) is 13.1 Å². The van der Waals surface area contributed by atoms with Crippen molar-refractivity contribution >= 4 is 24.3 Å². The van der Waals surface area contributed by atoms with Gasteiger partial charge in [-0.25, -0.2) is 0 Å². The SMILES string of the molecule is CC(C)N(C(=O)CN1CCCC(C(=O)O)C1)C(C)C.Cl. The molecule has 1 amide bonds. The Labute approximate surface area is 127 Å². The van der Waals surface area contributed by atoms with Crippen LogP contribution in [0.5, 0.6) is 0 Å². The summed E-state index contributed by atoms with van der Waals surface area (Å²) in [7, 11) is 0. The van der Waals surface area contributed by atoms with Crippen LogP contribution < -0.4 is 0 Å². The number of piperidine rings is 1. The van der Waals surface area contributed by atoms with Gasteiger partial charge in [-0.3, -0.25) is 14.5 Å². The third kappa shape index (κ3) is 5.29. The lowest BCUT2D eigenvalue weighted by Gasteiger charge is -2.35. The Morgan fingerprint density at radius 1 is 1.25 bits per heavy atom. The zero-order valence-corrected chi connectivity index (χ0v) is 13.7. The number of carboxylic acids is 1. The number of hydrogen-bond donors (Lipinski definition) is 1. The van der Waals surface area contributed by atoms with Crippen molar-refractivity contribution < 1.29 is 14.7 Å². The highest BCUT2D eigenvalue weighted by Crippen LogP contribution is 2.17. The average Bonchev–Trinajstić information content (AvgIpc) is 2.27. The molecule has 0 aromatic rings. The van der Waals surface area contributed by atoms with Gasteiger partial charge in [0.1, 0.15) is 0 Å². The van der Waals surface area contributed by atoms with Gasteiger partial charge in [-0.05, 0) is 47.1 Å². The smallest absolute Gasteiger partial charge is 0.307 e. The molecule has 1 heterocycles. The summed E-state index contributed by atoms with van der Waals surface area (Å²) in [6.07, 6.45) is 1.58. The fourth-order valence-corrected chi connectivity index (χ4v) is 2.85. The summed E-state index contributed by atoms with van der Waals surface area (Å²) in [5.41, 5.74) is 0. The normalized spacial score (nSPS) is 19.8. The molecule has 0 bridgehead atoms. The van der Waals surface area contributed by atoms with Gasteiger partial charge in [0.05, 0.1) is 12.5 Å². The van der Waals surface area contributed by atoms with E-state index in [1.54, 1.807) is 0 Å². The Hall–Kier alpha value is -0.810. The van der Waals surface area contributed by atoms with Gasteiger partial charge in [-0.1, -0.05) is 0 Å². The minimum Gasteiger partial charge on any atom is -0.481 e. The summed E-state index contributed by atoms with van der Waals surface area (Å²) < 4.78 is 0. The number of carbonyl (C=O) groups excluding carboxylic acids is 1. The van der Waals surface area contributed by atoms with Crippen LogP contribution in [-0.2, 0) is 9.59 Å². The predicted octanol–water partition coefficient (Wildman–Crippen LogP) is 1.85. The number of aliphatic carboxylic acids is 1. The summed E-state index contributed by atoms with van der Waals surface area (Å²) in [6, 6.07) is 0.347. The third-order valence-corrected chi connectivity index (χ3v) is 3.61. The van der Waals surface area contributed by atoms with E-state index >= 15 is 0 Å². The van der Waals surface area contributed by atoms with Gasteiger partial charge in [0.2, 0.25) is 5.91 Å². The molecule has 0 radical (unpaired) electrons. The van der Waals surface area contributed by atoms with E-state index in [4.69, 9.17) is 5.11 Å². The topological polar surface area (TPSA) is 60.9 Å². The molecule has 0 aromatic heterocycles. The Bertz CT molecular complexity index is 326. The van der Waals surface area contributed by atoms with Crippen LogP contribution in [0.3, 0.4) is 0 Å². The summed E-state index contributed by atoms with van der Waals surface area (Å²) in [6.45, 7) is 9.68. The standard InChI is InChI=1S/C14H26N2O3.ClH/c1-10(2)16(11(3)4)13(17)9-15-7-5-6-12(8-15)14(18)19;/h10-12H,5-9H2,1-4H3,(H,18,19);1H. The zero-order valence-electron chi connectivity index (χ0n) is 12.8. The number of hydrogen-bond acceptors (Lipinski definition) is 3. The van der Waals surface area contributed by atoms with Gasteiger partial charge < -0.3 is 10.0 Å². The number of carboxylic acid groups (broad SMARTS) is 1. The molecule has 1 N–H and O–H groups in total. The second-order valence-corrected chi connectivity index (χ2v) is 5.90. The molecule has 1 aliphatic heterocycles. The van der Waals surface area contributed by atoms with E-state index in [9.17, 15) is 9.59 Å². The molecule has 1 fully saturated rings. The third-order valence-electron chi connectivity index (χ3n) is 3.61. The lowest BCUT2D eigenvalue weighted by molar-refractivity contribution is -0.145. The van der Waals surface area contributed by atoms with Crippen LogP contribution in [0.2, 0.25) is 0 Å². The molecule has 20 heavy (non-hydrogen) atoms. The van der Waals surface area contributed by atoms with E-state index in [2.05, 4.69) is 0 Å². The molecule has 0 spiro atoms. The highest BCUT2D eigenvalue weighted by molar-refractivity contribution is 5.85. The molecule has 118 valence electrons. The van der Waals surface area contributed by atoms with E-state index in [0.717, 1.165) is 19.4 Å². The van der Waals surface area contributed by atoms with Crippen LogP contribution in [0.15, 0.2) is 0 Å². The Balaban J connectivity index is 0.00000361. The number of carbonyl (C=O) groups is 2. The van der Waals surface area contributed by atoms with Crippen molar-refractivity contribution in [2.75, 3.05) is 19.6 Å². The average molecular weight is 307 g/mol. The molecule has 1 unspecified atom stereocenters. The van der Waals surface area contributed by atoms with E-state index in [1.165, 1.54) is 0 Å². The first-order valence-corrected chi connectivity index (χ1v) is 7.09. The zero-order chi connectivity index (χ0) is 14.6. The van der Waals surface area contributed by atoms with Crippen molar-refractivity contribution in [2.24, 2.45) is 5.92 Å². The summed E-state index contributed by atoms with van der Waals surface area (Å²) in [5.74, 6) is -0.981. The van der Waals surface area contributed by atoms with E-state index in [-0.39, 0.29) is 36.3 Å². The summed E-state index contributed by atoms with van der Waals surface area (Å²) in [4.78, 5) is 27.2. The first kappa shape index (κ1) is 19.2. The molecule has 1 aliphatic rings. The Morgan fingerprint density at radius 2 is 1.80 bits per heavy atom. The van der Waals surface area contributed by atoms with Gasteiger partial charge in [-0.2, -0.15) is 0 Å². The van der Waals surface area contributed by atoms with Gasteiger partial charge in [0, 0.05) is 18.6 Å². The lowest BCUT2D eigenvalue weighted by Crippen LogP contribution is -2.49. The van der Waals surface area contributed by atoms with Crippen molar-refractivity contribution in [1.82, 2.24) is 9.80 Å². The molecular formula is C14H27ClN2O3. The number of rotatable bonds is 5. The van der Waals surface area contributed by atoms with E-state index < -0.39 is 5.97 Å². The number of halogens is 1. The van der Waals surface area contributed by atoms with Crippen LogP contribution in [-0.4, -0.2) is 58.5 Å². The predicted molar refractivity (Wildman–Crippen MR) is 81.2 cm³/mol. The summed E-state index contributed by atoms with van der Waals surface area (Å²) >= 11 is 0. The molecule has 0 saturated carbocycles. The number of nitrogens with zero attached hydrogens (tertiary/aromatic N) is 2. The van der Waals surface area contributed by atoms with Crippen molar-refractivity contribution in [3.63, 3.8) is 0 Å². The van der Waals surface area contributed by atoms with Crippen LogP contribution in [0.25, 0.3) is 0 Å². The van der Waals surface area contributed by atoms with E-state index in [1.807, 2.05) is 37.5 Å². The monoisotopic (exact) mass is 306 g/mol. The largest absolute Gasteiger partial charge is 0.481 e. The molecule has 1 atom stereocenters. The Kier molecular flexibility index (Phi) is 8.13. The first-order chi connectivity index (χ1) is 8.82. The minimum atomic E-state index is -0.748. The molecule has 0 aromatic carbocycles. The molecule has 1 saturated heterocycles. The van der Waals surface area contributed by atoms with Crippen LogP contribution in [0, 0.1) is 5.92 Å². The van der Waals surface area contributed by atoms with Crippen molar-refractivity contribution in [1.29, 1.82) is 0 Å². The number of likely N-dealkylation sites (tertiary alicyclic amines) is 1. The second-order valence-electron chi connectivity index (χ2n) is 5.90. The fraction of sp³-hybridized carbons (Fsp3) is 0.857. The highest BCUT2D eigenvalue weighted by atomic mass is 35.5. The maximum absolute atomic E-state index is 12.3.